The Balaban J connectivity index is 1.87. The summed E-state index contributed by atoms with van der Waals surface area (Å²) in [6, 6.07) is 0. The Morgan fingerprint density at radius 1 is 1.45 bits per heavy atom. The van der Waals surface area contributed by atoms with Crippen LogP contribution in [0.1, 0.15) is 27.7 Å². The van der Waals surface area contributed by atoms with Gasteiger partial charge in [0.05, 0.1) is 18.8 Å². The first kappa shape index (κ1) is 14.0. The van der Waals surface area contributed by atoms with Gasteiger partial charge in [-0.1, -0.05) is 26.0 Å². The third kappa shape index (κ3) is 1.98. The van der Waals surface area contributed by atoms with Gasteiger partial charge in [0.2, 0.25) is 5.79 Å². The molecule has 0 aromatic carbocycles. The Bertz CT molecular complexity index is 477. The molecule has 1 spiro atoms. The van der Waals surface area contributed by atoms with Gasteiger partial charge in [0.25, 0.3) is 0 Å². The van der Waals surface area contributed by atoms with Crippen LogP contribution in [0.25, 0.3) is 0 Å². The number of carbonyl (C=O) groups is 1. The van der Waals surface area contributed by atoms with E-state index in [-0.39, 0.29) is 24.0 Å². The molecule has 3 aliphatic heterocycles. The average Bonchev–Trinajstić information content (AvgIpc) is 3.19. The largest absolute Gasteiger partial charge is 0.359 e. The van der Waals surface area contributed by atoms with Crippen LogP contribution in [0.15, 0.2) is 23.8 Å². The average molecular weight is 278 g/mol. The quantitative estimate of drug-likeness (QED) is 0.344. The minimum atomic E-state index is -0.721. The van der Waals surface area contributed by atoms with Crippen molar-refractivity contribution < 1.29 is 19.0 Å². The third-order valence-electron chi connectivity index (χ3n) is 4.77. The molecule has 0 amide bonds. The second-order valence-electron chi connectivity index (χ2n) is 6.39. The Hall–Kier alpha value is -0.970. The maximum absolute atomic E-state index is 10.8. The number of aldehydes is 1. The second kappa shape index (κ2) is 4.52. The maximum Gasteiger partial charge on any atom is 0.201 e. The topological polar surface area (TPSA) is 48.1 Å². The summed E-state index contributed by atoms with van der Waals surface area (Å²) in [6.07, 6.45) is 7.10. The fourth-order valence-electron chi connectivity index (χ4n) is 3.34. The summed E-state index contributed by atoms with van der Waals surface area (Å²) in [4.78, 5) is 10.8. The summed E-state index contributed by atoms with van der Waals surface area (Å²) >= 11 is 0. The van der Waals surface area contributed by atoms with Gasteiger partial charge in [-0.15, -0.1) is 0 Å². The number of hydrogen-bond acceptors (Lipinski definition) is 4. The van der Waals surface area contributed by atoms with Crippen LogP contribution in [0.5, 0.6) is 0 Å². The van der Waals surface area contributed by atoms with E-state index in [1.165, 1.54) is 0 Å². The summed E-state index contributed by atoms with van der Waals surface area (Å²) in [7, 11) is 0. The minimum Gasteiger partial charge on any atom is -0.359 e. The van der Waals surface area contributed by atoms with Gasteiger partial charge < -0.3 is 14.2 Å². The SMILES string of the molecule is C/C(C=O)=C\[C@@H](C)C1OC2(C)OC(C=C[C@@]23CO3)C1C. The molecule has 4 nitrogen and oxygen atoms in total. The van der Waals surface area contributed by atoms with Crippen molar-refractivity contribution in [1.82, 2.24) is 0 Å². The van der Waals surface area contributed by atoms with E-state index in [0.717, 1.165) is 11.9 Å². The lowest BCUT2D eigenvalue weighted by molar-refractivity contribution is -0.346. The van der Waals surface area contributed by atoms with Crippen molar-refractivity contribution in [3.05, 3.63) is 23.8 Å². The molecule has 3 rings (SSSR count). The normalized spacial score (nSPS) is 48.2. The molecule has 0 saturated carbocycles. The Labute approximate surface area is 119 Å². The van der Waals surface area contributed by atoms with E-state index in [1.54, 1.807) is 0 Å². The molecule has 0 N–H and O–H groups in total. The zero-order chi connectivity index (χ0) is 14.5. The molecule has 4 heteroatoms. The zero-order valence-electron chi connectivity index (χ0n) is 12.5. The molecule has 6 atom stereocenters. The van der Waals surface area contributed by atoms with E-state index in [1.807, 2.05) is 19.9 Å². The number of ether oxygens (including phenoxy) is 3. The summed E-state index contributed by atoms with van der Waals surface area (Å²) in [5.74, 6) is -0.329. The summed E-state index contributed by atoms with van der Waals surface area (Å²) in [5, 5.41) is 0. The van der Waals surface area contributed by atoms with Crippen LogP contribution in [0.3, 0.4) is 0 Å². The molecule has 3 aliphatic rings. The maximum atomic E-state index is 10.8. The van der Waals surface area contributed by atoms with Crippen molar-refractivity contribution in [3.63, 3.8) is 0 Å². The molecule has 110 valence electrons. The zero-order valence-corrected chi connectivity index (χ0v) is 12.5. The molecule has 2 bridgehead atoms. The monoisotopic (exact) mass is 278 g/mol. The standard InChI is InChI=1S/C16H22O4/c1-10(8-17)7-11(2)14-12(3)13-5-6-16(9-18-16)15(4,19-13)20-14/h5-8,11-14H,9H2,1-4H3/b10-7+/t11-,12?,13?,14?,15?,16-/m1/s1. The first-order valence-corrected chi connectivity index (χ1v) is 7.23. The van der Waals surface area contributed by atoms with E-state index in [2.05, 4.69) is 26.0 Å². The van der Waals surface area contributed by atoms with Crippen molar-refractivity contribution in [1.29, 1.82) is 0 Å². The van der Waals surface area contributed by atoms with Gasteiger partial charge in [-0.25, -0.2) is 0 Å². The Morgan fingerprint density at radius 3 is 2.75 bits per heavy atom. The van der Waals surface area contributed by atoms with Crippen molar-refractivity contribution >= 4 is 6.29 Å². The van der Waals surface area contributed by atoms with Crippen molar-refractivity contribution in [2.75, 3.05) is 6.61 Å². The highest BCUT2D eigenvalue weighted by molar-refractivity contribution is 5.72. The van der Waals surface area contributed by atoms with E-state index in [9.17, 15) is 4.79 Å². The van der Waals surface area contributed by atoms with E-state index in [0.29, 0.717) is 6.61 Å². The van der Waals surface area contributed by atoms with Gasteiger partial charge in [-0.2, -0.15) is 0 Å². The molecule has 0 aromatic rings. The summed E-state index contributed by atoms with van der Waals surface area (Å²) < 4.78 is 18.0. The van der Waals surface area contributed by atoms with Crippen LogP contribution >= 0.6 is 0 Å². The molecule has 0 aromatic heterocycles. The Morgan fingerprint density at radius 2 is 2.15 bits per heavy atom. The lowest BCUT2D eigenvalue weighted by atomic mass is 9.82. The lowest BCUT2D eigenvalue weighted by Crippen LogP contribution is -2.61. The predicted octanol–water partition coefficient (Wildman–Crippen LogP) is 2.24. The van der Waals surface area contributed by atoms with Gasteiger partial charge in [-0.05, 0) is 25.5 Å². The molecular weight excluding hydrogens is 256 g/mol. The van der Waals surface area contributed by atoms with Gasteiger partial charge in [0.1, 0.15) is 6.29 Å². The summed E-state index contributed by atoms with van der Waals surface area (Å²) in [6.45, 7) is 8.64. The number of fused-ring (bicyclic) bond motifs is 3. The number of carbonyl (C=O) groups excluding carboxylic acids is 1. The van der Waals surface area contributed by atoms with Crippen LogP contribution in [0.2, 0.25) is 0 Å². The highest BCUT2D eigenvalue weighted by Gasteiger charge is 2.65. The smallest absolute Gasteiger partial charge is 0.201 e. The van der Waals surface area contributed by atoms with Crippen LogP contribution in [0, 0.1) is 11.8 Å². The number of hydrogen-bond donors (Lipinski definition) is 0. The fourth-order valence-corrected chi connectivity index (χ4v) is 3.34. The van der Waals surface area contributed by atoms with Crippen LogP contribution in [-0.2, 0) is 19.0 Å². The summed E-state index contributed by atoms with van der Waals surface area (Å²) in [5.41, 5.74) is 0.327. The first-order valence-electron chi connectivity index (χ1n) is 7.23. The lowest BCUT2D eigenvalue weighted by Gasteiger charge is -2.51. The van der Waals surface area contributed by atoms with E-state index in [4.69, 9.17) is 14.2 Å². The number of epoxide rings is 1. The van der Waals surface area contributed by atoms with Gasteiger partial charge >= 0.3 is 0 Å². The molecule has 4 unspecified atom stereocenters. The molecule has 0 aliphatic carbocycles. The van der Waals surface area contributed by atoms with E-state index < -0.39 is 11.4 Å². The van der Waals surface area contributed by atoms with Gasteiger partial charge in [-0.3, -0.25) is 4.79 Å². The third-order valence-corrected chi connectivity index (χ3v) is 4.77. The van der Waals surface area contributed by atoms with Crippen molar-refractivity contribution in [2.45, 2.75) is 51.3 Å². The second-order valence-corrected chi connectivity index (χ2v) is 6.39. The molecule has 20 heavy (non-hydrogen) atoms. The predicted molar refractivity (Wildman–Crippen MR) is 74.1 cm³/mol. The Kier molecular flexibility index (Phi) is 3.16. The van der Waals surface area contributed by atoms with Crippen molar-refractivity contribution in [2.24, 2.45) is 11.8 Å². The molecule has 2 saturated heterocycles. The molecule has 3 heterocycles. The highest BCUT2D eigenvalue weighted by atomic mass is 16.8. The van der Waals surface area contributed by atoms with Crippen LogP contribution in [-0.4, -0.2) is 36.5 Å². The molecule has 0 radical (unpaired) electrons. The minimum absolute atomic E-state index is 0.0136. The number of allylic oxidation sites excluding steroid dienone is 1. The fraction of sp³-hybridized carbons (Fsp3) is 0.688. The van der Waals surface area contributed by atoms with Crippen LogP contribution < -0.4 is 0 Å². The van der Waals surface area contributed by atoms with Gasteiger partial charge in [0, 0.05) is 11.8 Å². The van der Waals surface area contributed by atoms with Crippen LogP contribution in [0.4, 0.5) is 0 Å². The highest BCUT2D eigenvalue weighted by Crippen LogP contribution is 2.51. The van der Waals surface area contributed by atoms with Gasteiger partial charge in [0.15, 0.2) is 5.60 Å². The molecule has 2 fully saturated rings. The number of rotatable bonds is 3. The van der Waals surface area contributed by atoms with E-state index >= 15 is 0 Å². The van der Waals surface area contributed by atoms with Crippen molar-refractivity contribution in [3.8, 4) is 0 Å². The molecular formula is C16H22O4. The first-order chi connectivity index (χ1) is 9.41.